The molecule has 0 aromatic heterocycles. The van der Waals surface area contributed by atoms with Crippen LogP contribution in [0.3, 0.4) is 0 Å². The molecule has 1 heterocycles. The number of likely N-dealkylation sites (N-methyl/N-ethyl adjacent to an activating group) is 1. The maximum Gasteiger partial charge on any atom is 0.149 e. The number of Topliss-reactive ketones (excluding diaryl/α,β-unsaturated/α-hetero) is 1. The van der Waals surface area contributed by atoms with Crippen molar-refractivity contribution in [2.45, 2.75) is 32.4 Å². The monoisotopic (exact) mass is 171 g/mol. The minimum Gasteiger partial charge on any atom is -0.376 e. The van der Waals surface area contributed by atoms with Crippen LogP contribution in [-0.4, -0.2) is 43.0 Å². The van der Waals surface area contributed by atoms with Crippen molar-refractivity contribution in [1.29, 1.82) is 0 Å². The number of ketones is 1. The third-order valence-corrected chi connectivity index (χ3v) is 2.39. The Hall–Kier alpha value is -0.410. The lowest BCUT2D eigenvalue weighted by Crippen LogP contribution is -2.39. The average Bonchev–Trinajstić information content (AvgIpc) is 2.32. The van der Waals surface area contributed by atoms with E-state index in [1.54, 1.807) is 6.92 Å². The molecular weight excluding hydrogens is 154 g/mol. The molecule has 0 bridgehead atoms. The lowest BCUT2D eigenvalue weighted by molar-refractivity contribution is -0.124. The molecule has 2 atom stereocenters. The smallest absolute Gasteiger partial charge is 0.149 e. The second-order valence-electron chi connectivity index (χ2n) is 3.32. The van der Waals surface area contributed by atoms with Gasteiger partial charge in [0.2, 0.25) is 0 Å². The van der Waals surface area contributed by atoms with Crippen LogP contribution in [0.5, 0.6) is 0 Å². The number of carbonyl (C=O) groups is 1. The molecule has 1 rings (SSSR count). The standard InChI is InChI=1S/C9H17NO2/c1-4-12-8-5-6-10(3)9(8)7(2)11/h8-9H,4-6H2,1-3H3/t8-,9?/m0/s1. The van der Waals surface area contributed by atoms with E-state index in [0.717, 1.165) is 13.0 Å². The van der Waals surface area contributed by atoms with Gasteiger partial charge in [0, 0.05) is 13.2 Å². The van der Waals surface area contributed by atoms with Gasteiger partial charge in [-0.15, -0.1) is 0 Å². The molecule has 1 aliphatic rings. The van der Waals surface area contributed by atoms with Crippen molar-refractivity contribution in [3.63, 3.8) is 0 Å². The van der Waals surface area contributed by atoms with Crippen LogP contribution in [0.1, 0.15) is 20.3 Å². The largest absolute Gasteiger partial charge is 0.376 e. The average molecular weight is 171 g/mol. The molecule has 1 saturated heterocycles. The zero-order chi connectivity index (χ0) is 9.14. The molecule has 0 aromatic carbocycles. The summed E-state index contributed by atoms with van der Waals surface area (Å²) in [6.45, 7) is 5.27. The summed E-state index contributed by atoms with van der Waals surface area (Å²) >= 11 is 0. The summed E-state index contributed by atoms with van der Waals surface area (Å²) in [6.07, 6.45) is 1.10. The van der Waals surface area contributed by atoms with E-state index in [-0.39, 0.29) is 17.9 Å². The lowest BCUT2D eigenvalue weighted by Gasteiger charge is -2.21. The Kier molecular flexibility index (Phi) is 3.23. The molecular formula is C9H17NO2. The second kappa shape index (κ2) is 4.01. The van der Waals surface area contributed by atoms with Gasteiger partial charge in [-0.3, -0.25) is 9.69 Å². The predicted octanol–water partition coefficient (Wildman–Crippen LogP) is 0.685. The van der Waals surface area contributed by atoms with Crippen molar-refractivity contribution < 1.29 is 9.53 Å². The third-order valence-electron chi connectivity index (χ3n) is 2.39. The van der Waals surface area contributed by atoms with Crippen LogP contribution in [0.25, 0.3) is 0 Å². The SMILES string of the molecule is CCO[C@H]1CCN(C)C1C(C)=O. The second-order valence-corrected chi connectivity index (χ2v) is 3.32. The fourth-order valence-electron chi connectivity index (χ4n) is 1.87. The Bertz CT molecular complexity index is 168. The highest BCUT2D eigenvalue weighted by molar-refractivity contribution is 5.82. The predicted molar refractivity (Wildman–Crippen MR) is 47.1 cm³/mol. The van der Waals surface area contributed by atoms with E-state index in [9.17, 15) is 4.79 Å². The van der Waals surface area contributed by atoms with Gasteiger partial charge in [0.05, 0.1) is 12.1 Å². The van der Waals surface area contributed by atoms with Crippen LogP contribution < -0.4 is 0 Å². The van der Waals surface area contributed by atoms with Crippen molar-refractivity contribution in [2.24, 2.45) is 0 Å². The Labute approximate surface area is 73.7 Å². The van der Waals surface area contributed by atoms with Crippen molar-refractivity contribution in [3.05, 3.63) is 0 Å². The third kappa shape index (κ3) is 1.84. The van der Waals surface area contributed by atoms with Gasteiger partial charge in [0.15, 0.2) is 0 Å². The maximum atomic E-state index is 11.2. The van der Waals surface area contributed by atoms with Crippen LogP contribution >= 0.6 is 0 Å². The molecule has 70 valence electrons. The van der Waals surface area contributed by atoms with Gasteiger partial charge in [-0.05, 0) is 27.3 Å². The Morgan fingerprint density at radius 3 is 2.83 bits per heavy atom. The van der Waals surface area contributed by atoms with Crippen LogP contribution in [0.15, 0.2) is 0 Å². The van der Waals surface area contributed by atoms with Crippen molar-refractivity contribution >= 4 is 5.78 Å². The fraction of sp³-hybridized carbons (Fsp3) is 0.889. The number of hydrogen-bond acceptors (Lipinski definition) is 3. The highest BCUT2D eigenvalue weighted by Crippen LogP contribution is 2.19. The molecule has 0 aliphatic carbocycles. The zero-order valence-electron chi connectivity index (χ0n) is 8.04. The van der Waals surface area contributed by atoms with Gasteiger partial charge in [-0.2, -0.15) is 0 Å². The van der Waals surface area contributed by atoms with E-state index in [1.807, 2.05) is 14.0 Å². The minimum absolute atomic E-state index is 0.00931. The van der Waals surface area contributed by atoms with E-state index in [4.69, 9.17) is 4.74 Å². The van der Waals surface area contributed by atoms with Crippen LogP contribution in [0, 0.1) is 0 Å². The summed E-state index contributed by atoms with van der Waals surface area (Å²) in [5.41, 5.74) is 0. The fourth-order valence-corrected chi connectivity index (χ4v) is 1.87. The van der Waals surface area contributed by atoms with E-state index in [0.29, 0.717) is 6.61 Å². The first-order valence-electron chi connectivity index (χ1n) is 4.49. The molecule has 0 saturated carbocycles. The highest BCUT2D eigenvalue weighted by atomic mass is 16.5. The van der Waals surface area contributed by atoms with Gasteiger partial charge in [-0.25, -0.2) is 0 Å². The van der Waals surface area contributed by atoms with E-state index < -0.39 is 0 Å². The van der Waals surface area contributed by atoms with Crippen molar-refractivity contribution in [3.8, 4) is 0 Å². The summed E-state index contributed by atoms with van der Waals surface area (Å²) in [7, 11) is 1.98. The molecule has 12 heavy (non-hydrogen) atoms. The van der Waals surface area contributed by atoms with Crippen molar-refractivity contribution in [2.75, 3.05) is 20.2 Å². The summed E-state index contributed by atoms with van der Waals surface area (Å²) in [4.78, 5) is 13.3. The summed E-state index contributed by atoms with van der Waals surface area (Å²) < 4.78 is 5.48. The Morgan fingerprint density at radius 1 is 1.67 bits per heavy atom. The molecule has 0 amide bonds. The van der Waals surface area contributed by atoms with Gasteiger partial charge in [0.1, 0.15) is 5.78 Å². The van der Waals surface area contributed by atoms with Gasteiger partial charge < -0.3 is 4.74 Å². The Balaban J connectivity index is 2.57. The molecule has 1 unspecified atom stereocenters. The first kappa shape index (κ1) is 9.68. The molecule has 0 aromatic rings. The van der Waals surface area contributed by atoms with Crippen LogP contribution in [0.4, 0.5) is 0 Å². The molecule has 1 aliphatic heterocycles. The van der Waals surface area contributed by atoms with Gasteiger partial charge >= 0.3 is 0 Å². The Morgan fingerprint density at radius 2 is 2.33 bits per heavy atom. The number of carbonyl (C=O) groups excluding carboxylic acids is 1. The van der Waals surface area contributed by atoms with E-state index >= 15 is 0 Å². The summed E-state index contributed by atoms with van der Waals surface area (Å²) in [6, 6.07) is -0.00931. The molecule has 3 heteroatoms. The minimum atomic E-state index is -0.00931. The van der Waals surface area contributed by atoms with Gasteiger partial charge in [-0.1, -0.05) is 0 Å². The number of nitrogens with zero attached hydrogens (tertiary/aromatic N) is 1. The highest BCUT2D eigenvalue weighted by Gasteiger charge is 2.35. The topological polar surface area (TPSA) is 29.5 Å². The summed E-state index contributed by atoms with van der Waals surface area (Å²) in [5, 5.41) is 0. The van der Waals surface area contributed by atoms with E-state index in [2.05, 4.69) is 4.90 Å². The number of ether oxygens (including phenoxy) is 1. The van der Waals surface area contributed by atoms with Gasteiger partial charge in [0.25, 0.3) is 0 Å². The summed E-state index contributed by atoms with van der Waals surface area (Å²) in [5.74, 6) is 0.216. The molecule has 0 spiro atoms. The first-order valence-corrected chi connectivity index (χ1v) is 4.49. The first-order chi connectivity index (χ1) is 5.66. The van der Waals surface area contributed by atoms with Crippen LogP contribution in [-0.2, 0) is 9.53 Å². The quantitative estimate of drug-likeness (QED) is 0.625. The molecule has 1 fully saturated rings. The van der Waals surface area contributed by atoms with Crippen LogP contribution in [0.2, 0.25) is 0 Å². The normalized spacial score (nSPS) is 30.9. The number of rotatable bonds is 3. The molecule has 0 N–H and O–H groups in total. The number of likely N-dealkylation sites (tertiary alicyclic amines) is 1. The number of hydrogen-bond donors (Lipinski definition) is 0. The zero-order valence-corrected chi connectivity index (χ0v) is 8.04. The van der Waals surface area contributed by atoms with E-state index in [1.165, 1.54) is 0 Å². The lowest BCUT2D eigenvalue weighted by atomic mass is 10.1. The maximum absolute atomic E-state index is 11.2. The van der Waals surface area contributed by atoms with Crippen molar-refractivity contribution in [1.82, 2.24) is 4.90 Å². The molecule has 3 nitrogen and oxygen atoms in total. The molecule has 0 radical (unpaired) electrons.